The lowest BCUT2D eigenvalue weighted by Gasteiger charge is -2.26. The molecule has 1 unspecified atom stereocenters. The first kappa shape index (κ1) is 19.2. The molecule has 0 radical (unpaired) electrons. The second kappa shape index (κ2) is 8.52. The molecule has 3 N–H and O–H groups in total. The first-order chi connectivity index (χ1) is 14.1. The van der Waals surface area contributed by atoms with E-state index in [1.807, 2.05) is 36.5 Å². The smallest absolute Gasteiger partial charge is 0.306 e. The topological polar surface area (TPSA) is 82.2 Å². The summed E-state index contributed by atoms with van der Waals surface area (Å²) < 4.78 is 0. The van der Waals surface area contributed by atoms with Gasteiger partial charge in [0.1, 0.15) is 0 Å². The summed E-state index contributed by atoms with van der Waals surface area (Å²) in [5.41, 5.74) is 3.41. The van der Waals surface area contributed by atoms with E-state index in [1.165, 1.54) is 5.56 Å². The first-order valence-electron chi connectivity index (χ1n) is 10.2. The zero-order valence-corrected chi connectivity index (χ0v) is 16.3. The van der Waals surface area contributed by atoms with Crippen molar-refractivity contribution in [2.24, 2.45) is 11.8 Å². The van der Waals surface area contributed by atoms with Crippen molar-refractivity contribution in [3.8, 4) is 0 Å². The number of carboxylic acid groups (broad SMARTS) is 1. The highest BCUT2D eigenvalue weighted by Gasteiger charge is 2.30. The van der Waals surface area contributed by atoms with Gasteiger partial charge in [-0.25, -0.2) is 0 Å². The molecule has 29 heavy (non-hydrogen) atoms. The third-order valence-corrected chi connectivity index (χ3v) is 6.13. The van der Waals surface area contributed by atoms with Gasteiger partial charge in [0.25, 0.3) is 0 Å². The fraction of sp³-hybridized carbons (Fsp3) is 0.333. The molecule has 5 nitrogen and oxygen atoms in total. The molecule has 2 aromatic carbocycles. The third-order valence-electron chi connectivity index (χ3n) is 6.13. The van der Waals surface area contributed by atoms with E-state index >= 15 is 0 Å². The molecular weight excluding hydrogens is 364 g/mol. The number of hydrogen-bond acceptors (Lipinski definition) is 2. The third kappa shape index (κ3) is 4.19. The molecule has 4 rings (SSSR count). The Morgan fingerprint density at radius 2 is 1.62 bits per heavy atom. The number of nitrogens with one attached hydrogen (secondary N) is 2. The predicted molar refractivity (Wildman–Crippen MR) is 113 cm³/mol. The molecular formula is C24H26N2O3. The molecule has 1 saturated carbocycles. The number of H-pyrrole nitrogens is 1. The molecule has 1 aromatic heterocycles. The summed E-state index contributed by atoms with van der Waals surface area (Å²) >= 11 is 0. The Kier molecular flexibility index (Phi) is 5.65. The van der Waals surface area contributed by atoms with Gasteiger partial charge >= 0.3 is 5.97 Å². The Hall–Kier alpha value is -3.08. The lowest BCUT2D eigenvalue weighted by molar-refractivity contribution is -0.144. The quantitative estimate of drug-likeness (QED) is 0.587. The van der Waals surface area contributed by atoms with Crippen molar-refractivity contribution in [1.29, 1.82) is 0 Å². The van der Waals surface area contributed by atoms with Crippen molar-refractivity contribution in [3.05, 3.63) is 71.9 Å². The van der Waals surface area contributed by atoms with Crippen LogP contribution in [-0.2, 0) is 9.59 Å². The Bertz CT molecular complexity index is 988. The number of carbonyl (C=O) groups is 2. The Balaban J connectivity index is 1.50. The highest BCUT2D eigenvalue weighted by molar-refractivity contribution is 5.84. The average molecular weight is 390 g/mol. The second-order valence-corrected chi connectivity index (χ2v) is 7.88. The van der Waals surface area contributed by atoms with Gasteiger partial charge in [0.05, 0.1) is 5.92 Å². The molecule has 0 bridgehead atoms. The molecule has 1 amide bonds. The monoisotopic (exact) mass is 390 g/mol. The van der Waals surface area contributed by atoms with E-state index in [2.05, 4.69) is 34.6 Å². The van der Waals surface area contributed by atoms with Gasteiger partial charge < -0.3 is 15.4 Å². The van der Waals surface area contributed by atoms with Crippen LogP contribution in [0.25, 0.3) is 10.9 Å². The van der Waals surface area contributed by atoms with Gasteiger partial charge in [-0.2, -0.15) is 0 Å². The number of benzene rings is 2. The average Bonchev–Trinajstić information content (AvgIpc) is 3.19. The normalized spacial score (nSPS) is 20.3. The van der Waals surface area contributed by atoms with E-state index in [0.717, 1.165) is 16.5 Å². The van der Waals surface area contributed by atoms with Gasteiger partial charge in [-0.3, -0.25) is 9.59 Å². The van der Waals surface area contributed by atoms with Crippen LogP contribution >= 0.6 is 0 Å². The SMILES string of the molecule is O=C(O)C1CCC(C(=O)NCC(c2ccccc2)c2c[nH]c3ccccc23)CC1. The van der Waals surface area contributed by atoms with E-state index in [-0.39, 0.29) is 23.7 Å². The number of hydrogen-bond donors (Lipinski definition) is 3. The van der Waals surface area contributed by atoms with Gasteiger partial charge in [-0.05, 0) is 42.9 Å². The highest BCUT2D eigenvalue weighted by atomic mass is 16.4. The maximum Gasteiger partial charge on any atom is 0.306 e. The molecule has 1 fully saturated rings. The number of carboxylic acids is 1. The van der Waals surface area contributed by atoms with Gasteiger partial charge in [0, 0.05) is 35.5 Å². The van der Waals surface area contributed by atoms with Crippen LogP contribution in [0.5, 0.6) is 0 Å². The molecule has 5 heteroatoms. The van der Waals surface area contributed by atoms with Crippen molar-refractivity contribution < 1.29 is 14.7 Å². The van der Waals surface area contributed by atoms with Gasteiger partial charge in [-0.15, -0.1) is 0 Å². The Morgan fingerprint density at radius 1 is 0.966 bits per heavy atom. The predicted octanol–water partition coefficient (Wildman–Crippen LogP) is 4.31. The number of para-hydroxylation sites is 1. The minimum absolute atomic E-state index is 0.0367. The summed E-state index contributed by atoms with van der Waals surface area (Å²) in [6, 6.07) is 18.4. The minimum atomic E-state index is -0.743. The van der Waals surface area contributed by atoms with E-state index in [4.69, 9.17) is 5.11 Å². The molecule has 3 aromatic rings. The number of carbonyl (C=O) groups excluding carboxylic acids is 1. The molecule has 1 atom stereocenters. The number of rotatable bonds is 6. The molecule has 1 heterocycles. The number of fused-ring (bicyclic) bond motifs is 1. The minimum Gasteiger partial charge on any atom is -0.481 e. The van der Waals surface area contributed by atoms with Crippen LogP contribution in [0.4, 0.5) is 0 Å². The Morgan fingerprint density at radius 3 is 2.34 bits per heavy atom. The lowest BCUT2D eigenvalue weighted by Crippen LogP contribution is -2.36. The van der Waals surface area contributed by atoms with Gasteiger partial charge in [0.2, 0.25) is 5.91 Å². The van der Waals surface area contributed by atoms with Crippen LogP contribution in [0.3, 0.4) is 0 Å². The zero-order valence-electron chi connectivity index (χ0n) is 16.3. The Labute approximate surface area is 170 Å². The molecule has 0 aliphatic heterocycles. The number of aromatic nitrogens is 1. The number of aromatic amines is 1. The highest BCUT2D eigenvalue weighted by Crippen LogP contribution is 2.32. The van der Waals surface area contributed by atoms with E-state index in [0.29, 0.717) is 32.2 Å². The van der Waals surface area contributed by atoms with Crippen molar-refractivity contribution in [2.75, 3.05) is 6.54 Å². The van der Waals surface area contributed by atoms with E-state index < -0.39 is 5.97 Å². The fourth-order valence-corrected chi connectivity index (χ4v) is 4.42. The zero-order chi connectivity index (χ0) is 20.2. The molecule has 150 valence electrons. The summed E-state index contributed by atoms with van der Waals surface area (Å²) in [7, 11) is 0. The summed E-state index contributed by atoms with van der Waals surface area (Å²) in [6.45, 7) is 0.517. The largest absolute Gasteiger partial charge is 0.481 e. The van der Waals surface area contributed by atoms with Crippen molar-refractivity contribution in [3.63, 3.8) is 0 Å². The lowest BCUT2D eigenvalue weighted by atomic mass is 9.81. The standard InChI is InChI=1S/C24H26N2O3/c27-23(17-10-12-18(13-11-17)24(28)29)26-14-20(16-6-2-1-3-7-16)21-15-25-22-9-5-4-8-19(21)22/h1-9,15,17-18,20,25H,10-14H2,(H,26,27)(H,28,29). The summed E-state index contributed by atoms with van der Waals surface area (Å²) in [4.78, 5) is 27.3. The van der Waals surface area contributed by atoms with Crippen molar-refractivity contribution >= 4 is 22.8 Å². The van der Waals surface area contributed by atoms with Crippen LogP contribution in [0.15, 0.2) is 60.8 Å². The molecule has 1 aliphatic carbocycles. The van der Waals surface area contributed by atoms with Gasteiger partial charge in [0.15, 0.2) is 0 Å². The second-order valence-electron chi connectivity index (χ2n) is 7.88. The fourth-order valence-electron chi connectivity index (χ4n) is 4.42. The van der Waals surface area contributed by atoms with Crippen LogP contribution in [0.2, 0.25) is 0 Å². The van der Waals surface area contributed by atoms with Gasteiger partial charge in [-0.1, -0.05) is 48.5 Å². The van der Waals surface area contributed by atoms with Crippen LogP contribution in [0, 0.1) is 11.8 Å². The van der Waals surface area contributed by atoms with Crippen LogP contribution < -0.4 is 5.32 Å². The summed E-state index contributed by atoms with van der Waals surface area (Å²) in [6.07, 6.45) is 4.49. The maximum atomic E-state index is 12.8. The van der Waals surface area contributed by atoms with Crippen LogP contribution in [0.1, 0.15) is 42.7 Å². The van der Waals surface area contributed by atoms with Crippen LogP contribution in [-0.4, -0.2) is 28.5 Å². The number of amides is 1. The first-order valence-corrected chi connectivity index (χ1v) is 10.2. The van der Waals surface area contributed by atoms with E-state index in [9.17, 15) is 9.59 Å². The van der Waals surface area contributed by atoms with Crippen molar-refractivity contribution in [2.45, 2.75) is 31.6 Å². The maximum absolute atomic E-state index is 12.8. The number of aliphatic carboxylic acids is 1. The molecule has 0 spiro atoms. The molecule has 0 saturated heterocycles. The summed E-state index contributed by atoms with van der Waals surface area (Å²) in [5.74, 6) is -1.05. The molecule has 1 aliphatic rings. The summed E-state index contributed by atoms with van der Waals surface area (Å²) in [5, 5.41) is 13.5. The van der Waals surface area contributed by atoms with Crippen molar-refractivity contribution in [1.82, 2.24) is 10.3 Å². The van der Waals surface area contributed by atoms with E-state index in [1.54, 1.807) is 0 Å².